The number of carbonyl (C=O) groups excluding carboxylic acids is 1. The molecule has 5 nitrogen and oxygen atoms in total. The lowest BCUT2D eigenvalue weighted by Crippen LogP contribution is -2.50. The Kier molecular flexibility index (Phi) is 4.58. The van der Waals surface area contributed by atoms with Gasteiger partial charge in [-0.2, -0.15) is 0 Å². The minimum atomic E-state index is -0.375. The van der Waals surface area contributed by atoms with Crippen molar-refractivity contribution in [2.24, 2.45) is 10.1 Å². The first-order chi connectivity index (χ1) is 13.1. The van der Waals surface area contributed by atoms with Crippen molar-refractivity contribution in [1.29, 1.82) is 0 Å². The first kappa shape index (κ1) is 17.5. The van der Waals surface area contributed by atoms with Crippen molar-refractivity contribution in [3.05, 3.63) is 82.4 Å². The van der Waals surface area contributed by atoms with Gasteiger partial charge in [-0.25, -0.2) is 5.01 Å². The van der Waals surface area contributed by atoms with Crippen LogP contribution >= 0.6 is 11.8 Å². The molecule has 1 amide bonds. The number of benzene rings is 2. The van der Waals surface area contributed by atoms with E-state index in [9.17, 15) is 4.79 Å². The van der Waals surface area contributed by atoms with Crippen LogP contribution in [0.15, 0.2) is 65.2 Å². The zero-order valence-corrected chi connectivity index (χ0v) is 16.1. The zero-order valence-electron chi connectivity index (χ0n) is 15.3. The molecule has 0 saturated heterocycles. The maximum Gasteiger partial charge on any atom is 0.276 e. The number of nitrogens with zero attached hydrogens (tertiary/aromatic N) is 3. The van der Waals surface area contributed by atoms with Crippen LogP contribution in [0, 0.1) is 13.8 Å². The summed E-state index contributed by atoms with van der Waals surface area (Å²) in [4.78, 5) is 17.9. The van der Waals surface area contributed by atoms with Gasteiger partial charge in [-0.15, -0.1) is 11.7 Å². The minimum absolute atomic E-state index is 0.158. The lowest BCUT2D eigenvalue weighted by molar-refractivity contribution is -0.116. The maximum absolute atomic E-state index is 12.9. The summed E-state index contributed by atoms with van der Waals surface area (Å²) in [7, 11) is 0. The van der Waals surface area contributed by atoms with Gasteiger partial charge in [-0.3, -0.25) is 15.1 Å². The topological polar surface area (TPSA) is 57.1 Å². The van der Waals surface area contributed by atoms with E-state index < -0.39 is 0 Å². The summed E-state index contributed by atoms with van der Waals surface area (Å²) >= 11 is 1.45. The number of fused-ring (bicyclic) bond motifs is 2. The Balaban J connectivity index is 1.94. The van der Waals surface area contributed by atoms with Crippen molar-refractivity contribution < 1.29 is 4.79 Å². The van der Waals surface area contributed by atoms with Crippen LogP contribution in [0.4, 0.5) is 0 Å². The summed E-state index contributed by atoms with van der Waals surface area (Å²) in [6.45, 7) is 7.85. The molecule has 136 valence electrons. The van der Waals surface area contributed by atoms with Gasteiger partial charge in [0.25, 0.3) is 5.91 Å². The van der Waals surface area contributed by atoms with E-state index >= 15 is 0 Å². The molecule has 2 aromatic rings. The number of carbonyl (C=O) groups is 1. The third-order valence-corrected chi connectivity index (χ3v) is 5.43. The second-order valence-electron chi connectivity index (χ2n) is 6.53. The fraction of sp³-hybridized carbons (Fsp3) is 0.190. The van der Waals surface area contributed by atoms with Crippen LogP contribution in [0.2, 0.25) is 0 Å². The largest absolute Gasteiger partial charge is 0.298 e. The van der Waals surface area contributed by atoms with Gasteiger partial charge in [0.2, 0.25) is 0 Å². The van der Waals surface area contributed by atoms with Crippen LogP contribution in [-0.2, 0) is 4.79 Å². The summed E-state index contributed by atoms with van der Waals surface area (Å²) in [6.07, 6.45) is 1.41. The normalized spacial score (nSPS) is 18.1. The van der Waals surface area contributed by atoms with Gasteiger partial charge in [0.05, 0.1) is 5.36 Å². The molecule has 0 aliphatic carbocycles. The number of hydrazone groups is 1. The molecule has 0 bridgehead atoms. The highest BCUT2D eigenvalue weighted by atomic mass is 32.2. The van der Waals surface area contributed by atoms with Gasteiger partial charge in [0.1, 0.15) is 5.70 Å². The number of hydrogen-bond acceptors (Lipinski definition) is 5. The minimum Gasteiger partial charge on any atom is -0.298 e. The smallest absolute Gasteiger partial charge is 0.276 e. The average Bonchev–Trinajstić information content (AvgIpc) is 2.67. The van der Waals surface area contributed by atoms with Crippen molar-refractivity contribution in [3.8, 4) is 0 Å². The fourth-order valence-electron chi connectivity index (χ4n) is 3.27. The van der Waals surface area contributed by atoms with E-state index in [1.807, 2.05) is 24.3 Å². The Labute approximate surface area is 162 Å². The second kappa shape index (κ2) is 7.04. The van der Waals surface area contributed by atoms with E-state index in [1.165, 1.54) is 11.8 Å². The van der Waals surface area contributed by atoms with Crippen LogP contribution in [0.5, 0.6) is 0 Å². The first-order valence-electron chi connectivity index (χ1n) is 8.75. The standard InChI is InChI=1S/C21H20N4OS/c1-4-11-27-21-23-20(26)18-15-7-5-6-8-17(15)22-19(25(18)24-21)16-12-13(2)9-10-14(16)3/h4-10,12,19H,1,11H2,2-3H3,(H,23,24,26)/t19-/m1/s1. The Morgan fingerprint density at radius 2 is 2.07 bits per heavy atom. The van der Waals surface area contributed by atoms with Crippen molar-refractivity contribution >= 4 is 28.5 Å². The van der Waals surface area contributed by atoms with Crippen LogP contribution in [0.25, 0.3) is 5.70 Å². The van der Waals surface area contributed by atoms with Gasteiger partial charge in [-0.05, 0) is 25.5 Å². The number of hydrogen-bond donors (Lipinski definition) is 1. The number of amides is 1. The van der Waals surface area contributed by atoms with E-state index in [-0.39, 0.29) is 12.1 Å². The quantitative estimate of drug-likeness (QED) is 0.837. The fourth-order valence-corrected chi connectivity index (χ4v) is 3.86. The van der Waals surface area contributed by atoms with E-state index in [2.05, 4.69) is 43.9 Å². The molecule has 27 heavy (non-hydrogen) atoms. The molecule has 0 fully saturated rings. The number of para-hydroxylation sites is 1. The number of thioether (sulfide) groups is 1. The molecule has 1 N–H and O–H groups in total. The van der Waals surface area contributed by atoms with Gasteiger partial charge in [-0.1, -0.05) is 59.8 Å². The van der Waals surface area contributed by atoms with Crippen LogP contribution in [0.1, 0.15) is 22.9 Å². The van der Waals surface area contributed by atoms with Crippen LogP contribution in [-0.4, -0.2) is 21.8 Å². The first-order valence-corrected chi connectivity index (χ1v) is 9.74. The molecule has 2 aromatic carbocycles. The lowest BCUT2D eigenvalue weighted by Gasteiger charge is -2.34. The molecule has 4 rings (SSSR count). The van der Waals surface area contributed by atoms with E-state index in [1.54, 1.807) is 11.1 Å². The van der Waals surface area contributed by atoms with Crippen molar-refractivity contribution in [2.45, 2.75) is 20.0 Å². The van der Waals surface area contributed by atoms with Crippen LogP contribution in [0.3, 0.4) is 0 Å². The van der Waals surface area contributed by atoms with E-state index in [0.29, 0.717) is 16.6 Å². The Hall–Kier alpha value is -2.86. The maximum atomic E-state index is 12.9. The van der Waals surface area contributed by atoms with Gasteiger partial charge in [0.15, 0.2) is 11.3 Å². The Bertz CT molecular complexity index is 1090. The highest BCUT2D eigenvalue weighted by Gasteiger charge is 2.34. The van der Waals surface area contributed by atoms with Crippen molar-refractivity contribution in [1.82, 2.24) is 10.3 Å². The van der Waals surface area contributed by atoms with Crippen molar-refractivity contribution in [2.75, 3.05) is 5.75 Å². The molecule has 0 saturated carbocycles. The molecule has 0 aromatic heterocycles. The third-order valence-electron chi connectivity index (χ3n) is 4.57. The van der Waals surface area contributed by atoms with Gasteiger partial charge in [0, 0.05) is 16.5 Å². The summed E-state index contributed by atoms with van der Waals surface area (Å²) in [5.74, 6) is 0.513. The Morgan fingerprint density at radius 3 is 2.89 bits per heavy atom. The van der Waals surface area contributed by atoms with Crippen LogP contribution < -0.4 is 15.9 Å². The third kappa shape index (κ3) is 3.17. The van der Waals surface area contributed by atoms with E-state index in [0.717, 1.165) is 27.3 Å². The van der Waals surface area contributed by atoms with E-state index in [4.69, 9.17) is 10.1 Å². The average molecular weight is 376 g/mol. The summed E-state index contributed by atoms with van der Waals surface area (Å²) < 4.78 is 0. The summed E-state index contributed by atoms with van der Waals surface area (Å²) in [6, 6.07) is 14.0. The molecule has 2 heterocycles. The molecular formula is C21H20N4OS. The van der Waals surface area contributed by atoms with Gasteiger partial charge < -0.3 is 0 Å². The molecule has 2 aliphatic heterocycles. The molecular weight excluding hydrogens is 356 g/mol. The molecule has 1 atom stereocenters. The number of amidine groups is 1. The lowest BCUT2D eigenvalue weighted by atomic mass is 10.0. The molecule has 0 spiro atoms. The molecule has 6 heteroatoms. The molecule has 0 unspecified atom stereocenters. The summed E-state index contributed by atoms with van der Waals surface area (Å²) in [5, 5.41) is 11.5. The number of nitrogens with one attached hydrogen (secondary N) is 1. The highest BCUT2D eigenvalue weighted by Crippen LogP contribution is 2.32. The molecule has 0 radical (unpaired) electrons. The highest BCUT2D eigenvalue weighted by molar-refractivity contribution is 8.14. The Morgan fingerprint density at radius 1 is 1.26 bits per heavy atom. The van der Waals surface area contributed by atoms with Crippen molar-refractivity contribution in [3.63, 3.8) is 0 Å². The second-order valence-corrected chi connectivity index (χ2v) is 7.54. The monoisotopic (exact) mass is 376 g/mol. The number of aryl methyl sites for hydroxylation is 2. The SMILES string of the molecule is C=CCSC1=NN2C(=c3ccccc3=N[C@H]2c2cc(C)ccc2C)C(=O)N1. The number of rotatable bonds is 3. The predicted octanol–water partition coefficient (Wildman–Crippen LogP) is 2.37. The zero-order chi connectivity index (χ0) is 19.0. The van der Waals surface area contributed by atoms with Gasteiger partial charge >= 0.3 is 0 Å². The predicted molar refractivity (Wildman–Crippen MR) is 109 cm³/mol. The molecule has 2 aliphatic rings. The summed E-state index contributed by atoms with van der Waals surface area (Å²) in [5.41, 5.74) is 3.86.